The van der Waals surface area contributed by atoms with E-state index < -0.39 is 0 Å². The molecule has 2 aromatic rings. The average Bonchev–Trinajstić information content (AvgIpc) is 3.19. The van der Waals surface area contributed by atoms with E-state index >= 15 is 0 Å². The molecule has 0 radical (unpaired) electrons. The molecule has 1 N–H and O–H groups in total. The van der Waals surface area contributed by atoms with E-state index in [0.717, 1.165) is 18.7 Å². The van der Waals surface area contributed by atoms with E-state index in [1.165, 1.54) is 12.0 Å². The van der Waals surface area contributed by atoms with Crippen LogP contribution in [0.15, 0.2) is 47.2 Å². The fraction of sp³-hybridized carbons (Fsp3) is 0.353. The molecular formula is C17H20N2OS. The highest BCUT2D eigenvalue weighted by atomic mass is 32.1. The Balaban J connectivity index is 1.76. The minimum atomic E-state index is 0.201. The lowest BCUT2D eigenvalue weighted by atomic mass is 10.1. The number of rotatable bonds is 5. The predicted molar refractivity (Wildman–Crippen MR) is 87.6 cm³/mol. The number of nitrogens with zero attached hydrogens (tertiary/aromatic N) is 1. The summed E-state index contributed by atoms with van der Waals surface area (Å²) in [5, 5.41) is 7.57. The second-order valence-corrected chi connectivity index (χ2v) is 6.22. The first kappa shape index (κ1) is 14.3. The maximum Gasteiger partial charge on any atom is 0.228 e. The van der Waals surface area contributed by atoms with Crippen molar-refractivity contribution in [2.24, 2.45) is 0 Å². The van der Waals surface area contributed by atoms with Crippen LogP contribution in [-0.2, 0) is 11.3 Å². The van der Waals surface area contributed by atoms with Crippen molar-refractivity contribution in [2.75, 3.05) is 11.4 Å². The van der Waals surface area contributed by atoms with Crippen LogP contribution in [0.4, 0.5) is 5.69 Å². The summed E-state index contributed by atoms with van der Waals surface area (Å²) in [6.45, 7) is 1.69. The smallest absolute Gasteiger partial charge is 0.228 e. The number of hydrogen-bond donors (Lipinski definition) is 1. The molecule has 1 atom stereocenters. The molecule has 1 aromatic heterocycles. The highest BCUT2D eigenvalue weighted by Crippen LogP contribution is 2.21. The third kappa shape index (κ3) is 3.71. The molecule has 1 aliphatic heterocycles. The van der Waals surface area contributed by atoms with E-state index in [1.54, 1.807) is 11.3 Å². The van der Waals surface area contributed by atoms with Crippen LogP contribution in [0, 0.1) is 0 Å². The average molecular weight is 300 g/mol. The van der Waals surface area contributed by atoms with Crippen LogP contribution in [-0.4, -0.2) is 18.5 Å². The van der Waals surface area contributed by atoms with Crippen molar-refractivity contribution in [3.8, 4) is 0 Å². The number of anilines is 1. The molecule has 0 bridgehead atoms. The number of para-hydroxylation sites is 1. The minimum Gasteiger partial charge on any atom is -0.313 e. The van der Waals surface area contributed by atoms with Gasteiger partial charge in [0.1, 0.15) is 0 Å². The van der Waals surface area contributed by atoms with Gasteiger partial charge < -0.3 is 10.2 Å². The predicted octanol–water partition coefficient (Wildman–Crippen LogP) is 3.42. The second kappa shape index (κ2) is 6.87. The number of amides is 1. The molecule has 3 rings (SSSR count). The van der Waals surface area contributed by atoms with Gasteiger partial charge in [-0.15, -0.1) is 0 Å². The third-order valence-corrected chi connectivity index (χ3v) is 4.61. The van der Waals surface area contributed by atoms with Crippen molar-refractivity contribution in [1.29, 1.82) is 0 Å². The van der Waals surface area contributed by atoms with Gasteiger partial charge in [0.05, 0.1) is 6.54 Å². The van der Waals surface area contributed by atoms with Gasteiger partial charge in [-0.1, -0.05) is 18.2 Å². The quantitative estimate of drug-likeness (QED) is 0.917. The summed E-state index contributed by atoms with van der Waals surface area (Å²) in [5.74, 6) is 0.201. The van der Waals surface area contributed by atoms with E-state index in [-0.39, 0.29) is 5.91 Å². The van der Waals surface area contributed by atoms with Gasteiger partial charge in [-0.3, -0.25) is 4.79 Å². The van der Waals surface area contributed by atoms with Crippen molar-refractivity contribution in [1.82, 2.24) is 5.32 Å². The summed E-state index contributed by atoms with van der Waals surface area (Å²) in [5.41, 5.74) is 2.17. The molecule has 21 heavy (non-hydrogen) atoms. The first-order valence-corrected chi connectivity index (χ1v) is 8.37. The summed E-state index contributed by atoms with van der Waals surface area (Å²) in [4.78, 5) is 14.6. The molecule has 2 heterocycles. The van der Waals surface area contributed by atoms with Crippen LogP contribution >= 0.6 is 11.3 Å². The first-order chi connectivity index (χ1) is 10.3. The van der Waals surface area contributed by atoms with E-state index in [0.29, 0.717) is 19.0 Å². The fourth-order valence-electron chi connectivity index (χ4n) is 2.75. The third-order valence-electron chi connectivity index (χ3n) is 3.87. The molecule has 0 spiro atoms. The van der Waals surface area contributed by atoms with Crippen molar-refractivity contribution in [2.45, 2.75) is 31.8 Å². The van der Waals surface area contributed by atoms with Crippen LogP contribution < -0.4 is 10.2 Å². The molecular weight excluding hydrogens is 280 g/mol. The normalized spacial score (nSPS) is 17.8. The van der Waals surface area contributed by atoms with Crippen LogP contribution in [0.5, 0.6) is 0 Å². The number of carbonyl (C=O) groups is 1. The van der Waals surface area contributed by atoms with Crippen LogP contribution in [0.3, 0.4) is 0 Å². The molecule has 0 saturated carbocycles. The zero-order valence-electron chi connectivity index (χ0n) is 12.0. The van der Waals surface area contributed by atoms with Gasteiger partial charge in [0, 0.05) is 18.2 Å². The maximum absolute atomic E-state index is 12.7. The highest BCUT2D eigenvalue weighted by Gasteiger charge is 2.22. The summed E-state index contributed by atoms with van der Waals surface area (Å²) in [7, 11) is 0. The molecule has 0 aliphatic carbocycles. The van der Waals surface area contributed by atoms with Gasteiger partial charge in [0.2, 0.25) is 5.91 Å². The molecule has 110 valence electrons. The maximum atomic E-state index is 12.7. The standard InChI is InChI=1S/C17H20N2OS/c20-17(11-15-5-4-9-18-15)19(12-14-8-10-21-13-14)16-6-2-1-3-7-16/h1-3,6-8,10,13,15,18H,4-5,9,11-12H2. The minimum absolute atomic E-state index is 0.201. The van der Waals surface area contributed by atoms with E-state index in [2.05, 4.69) is 22.1 Å². The Morgan fingerprint density at radius 2 is 2.14 bits per heavy atom. The van der Waals surface area contributed by atoms with E-state index in [9.17, 15) is 4.79 Å². The largest absolute Gasteiger partial charge is 0.313 e. The summed E-state index contributed by atoms with van der Waals surface area (Å²) < 4.78 is 0. The molecule has 1 aromatic carbocycles. The van der Waals surface area contributed by atoms with Gasteiger partial charge >= 0.3 is 0 Å². The molecule has 1 aliphatic rings. The van der Waals surface area contributed by atoms with Gasteiger partial charge in [-0.05, 0) is 53.9 Å². The molecule has 4 heteroatoms. The first-order valence-electron chi connectivity index (χ1n) is 7.43. The topological polar surface area (TPSA) is 32.3 Å². The van der Waals surface area contributed by atoms with Crippen molar-refractivity contribution in [3.05, 3.63) is 52.7 Å². The summed E-state index contributed by atoms with van der Waals surface area (Å²) in [6.07, 6.45) is 2.86. The fourth-order valence-corrected chi connectivity index (χ4v) is 3.41. The van der Waals surface area contributed by atoms with E-state index in [1.807, 2.05) is 35.2 Å². The van der Waals surface area contributed by atoms with Gasteiger partial charge in [-0.2, -0.15) is 11.3 Å². The van der Waals surface area contributed by atoms with E-state index in [4.69, 9.17) is 0 Å². The number of hydrogen-bond acceptors (Lipinski definition) is 3. The number of benzene rings is 1. The van der Waals surface area contributed by atoms with Crippen molar-refractivity contribution in [3.63, 3.8) is 0 Å². The van der Waals surface area contributed by atoms with Gasteiger partial charge in [-0.25, -0.2) is 0 Å². The Bertz CT molecular complexity index is 562. The summed E-state index contributed by atoms with van der Waals surface area (Å²) in [6, 6.07) is 12.4. The monoisotopic (exact) mass is 300 g/mol. The van der Waals surface area contributed by atoms with Crippen LogP contribution in [0.2, 0.25) is 0 Å². The lowest BCUT2D eigenvalue weighted by Crippen LogP contribution is -2.35. The highest BCUT2D eigenvalue weighted by molar-refractivity contribution is 7.07. The summed E-state index contributed by atoms with van der Waals surface area (Å²) >= 11 is 1.67. The van der Waals surface area contributed by atoms with Crippen molar-refractivity contribution < 1.29 is 4.79 Å². The molecule has 1 unspecified atom stereocenters. The SMILES string of the molecule is O=C(CC1CCCN1)N(Cc1ccsc1)c1ccccc1. The Kier molecular flexibility index (Phi) is 4.68. The molecule has 1 amide bonds. The lowest BCUT2D eigenvalue weighted by Gasteiger charge is -2.24. The Morgan fingerprint density at radius 3 is 2.81 bits per heavy atom. The number of nitrogens with one attached hydrogen (secondary N) is 1. The van der Waals surface area contributed by atoms with Crippen LogP contribution in [0.1, 0.15) is 24.8 Å². The Labute approximate surface area is 129 Å². The zero-order valence-corrected chi connectivity index (χ0v) is 12.8. The van der Waals surface area contributed by atoms with Crippen LogP contribution in [0.25, 0.3) is 0 Å². The number of thiophene rings is 1. The number of carbonyl (C=O) groups excluding carboxylic acids is 1. The Hall–Kier alpha value is -1.65. The second-order valence-electron chi connectivity index (χ2n) is 5.44. The van der Waals surface area contributed by atoms with Crippen molar-refractivity contribution >= 4 is 22.9 Å². The molecule has 1 fully saturated rings. The lowest BCUT2D eigenvalue weighted by molar-refractivity contribution is -0.119. The molecule has 3 nitrogen and oxygen atoms in total. The Morgan fingerprint density at radius 1 is 1.29 bits per heavy atom. The van der Waals surface area contributed by atoms with Gasteiger partial charge in [0.15, 0.2) is 0 Å². The molecule has 1 saturated heterocycles. The van der Waals surface area contributed by atoms with Gasteiger partial charge in [0.25, 0.3) is 0 Å². The zero-order chi connectivity index (χ0) is 14.5.